The summed E-state index contributed by atoms with van der Waals surface area (Å²) in [5, 5.41) is 2.52. The Kier molecular flexibility index (Phi) is 6.57. The van der Waals surface area contributed by atoms with Crippen molar-refractivity contribution in [3.8, 4) is 0 Å². The third-order valence-electron chi connectivity index (χ3n) is 3.44. The summed E-state index contributed by atoms with van der Waals surface area (Å²) in [6.07, 6.45) is 7.01. The van der Waals surface area contributed by atoms with Gasteiger partial charge in [-0.25, -0.2) is 13.2 Å². The van der Waals surface area contributed by atoms with Gasteiger partial charge in [-0.3, -0.25) is 0 Å². The first-order chi connectivity index (χ1) is 8.95. The van der Waals surface area contributed by atoms with Crippen LogP contribution in [-0.4, -0.2) is 51.3 Å². The van der Waals surface area contributed by atoms with E-state index in [0.717, 1.165) is 25.7 Å². The van der Waals surface area contributed by atoms with Crippen molar-refractivity contribution in [2.24, 2.45) is 0 Å². The van der Waals surface area contributed by atoms with Crippen molar-refractivity contribution in [1.29, 1.82) is 0 Å². The molecule has 112 valence electrons. The fourth-order valence-corrected chi connectivity index (χ4v) is 3.68. The monoisotopic (exact) mass is 292 g/mol. The predicted octanol–water partition coefficient (Wildman–Crippen LogP) is 1.33. The lowest BCUT2D eigenvalue weighted by atomic mass is 10.1. The molecule has 0 spiro atoms. The number of nitrogens with zero attached hydrogens (tertiary/aromatic N) is 1. The molecular formula is C12H24N2O4S. The molecule has 0 aromatic carbocycles. The maximum atomic E-state index is 11.9. The zero-order chi connectivity index (χ0) is 14.3. The quantitative estimate of drug-likeness (QED) is 0.776. The number of amides is 1. The second-order valence-electron chi connectivity index (χ2n) is 4.94. The largest absolute Gasteiger partial charge is 0.453 e. The molecule has 1 aliphatic rings. The average molecular weight is 292 g/mol. The van der Waals surface area contributed by atoms with E-state index in [2.05, 4.69) is 10.1 Å². The van der Waals surface area contributed by atoms with Crippen molar-refractivity contribution in [1.82, 2.24) is 9.62 Å². The Balaban J connectivity index is 2.58. The number of hydrogen-bond acceptors (Lipinski definition) is 4. The van der Waals surface area contributed by atoms with Crippen LogP contribution >= 0.6 is 0 Å². The summed E-state index contributed by atoms with van der Waals surface area (Å²) in [6, 6.07) is 0.0666. The minimum Gasteiger partial charge on any atom is -0.453 e. The molecule has 1 aliphatic carbocycles. The Labute approximate surface area is 115 Å². The van der Waals surface area contributed by atoms with Crippen LogP contribution in [0.25, 0.3) is 0 Å². The normalized spacial score (nSPS) is 18.1. The molecule has 0 bridgehead atoms. The van der Waals surface area contributed by atoms with Gasteiger partial charge in [-0.05, 0) is 12.8 Å². The molecule has 0 aromatic rings. The third kappa shape index (κ3) is 5.78. The summed E-state index contributed by atoms with van der Waals surface area (Å²) in [4.78, 5) is 11.0. The molecule has 0 aliphatic heterocycles. The van der Waals surface area contributed by atoms with Crippen LogP contribution in [-0.2, 0) is 14.8 Å². The Morgan fingerprint density at radius 1 is 1.26 bits per heavy atom. The van der Waals surface area contributed by atoms with Crippen molar-refractivity contribution in [3.05, 3.63) is 0 Å². The second-order valence-corrected chi connectivity index (χ2v) is 6.87. The topological polar surface area (TPSA) is 75.7 Å². The highest BCUT2D eigenvalue weighted by Gasteiger charge is 2.26. The number of ether oxygens (including phenoxy) is 1. The first-order valence-electron chi connectivity index (χ1n) is 6.74. The van der Waals surface area contributed by atoms with Crippen LogP contribution in [0.5, 0.6) is 0 Å². The van der Waals surface area contributed by atoms with E-state index in [1.165, 1.54) is 30.5 Å². The zero-order valence-corrected chi connectivity index (χ0v) is 12.5. The number of sulfonamides is 1. The second kappa shape index (κ2) is 7.69. The zero-order valence-electron chi connectivity index (χ0n) is 11.7. The summed E-state index contributed by atoms with van der Waals surface area (Å²) >= 11 is 0. The number of carbonyl (C=O) groups excluding carboxylic acids is 1. The van der Waals surface area contributed by atoms with Gasteiger partial charge in [0, 0.05) is 19.1 Å². The molecule has 0 saturated heterocycles. The van der Waals surface area contributed by atoms with Gasteiger partial charge in [-0.1, -0.05) is 25.7 Å². The maximum Gasteiger partial charge on any atom is 0.406 e. The minimum atomic E-state index is -3.24. The van der Waals surface area contributed by atoms with Gasteiger partial charge < -0.3 is 10.1 Å². The van der Waals surface area contributed by atoms with Gasteiger partial charge >= 0.3 is 6.09 Å². The summed E-state index contributed by atoms with van der Waals surface area (Å²) < 4.78 is 29.7. The van der Waals surface area contributed by atoms with E-state index in [0.29, 0.717) is 6.54 Å². The van der Waals surface area contributed by atoms with E-state index in [1.54, 1.807) is 0 Å². The van der Waals surface area contributed by atoms with Gasteiger partial charge in [0.25, 0.3) is 0 Å². The van der Waals surface area contributed by atoms with Crippen LogP contribution in [0.1, 0.15) is 38.5 Å². The number of hydrogen-bond donors (Lipinski definition) is 1. The molecule has 0 atom stereocenters. The Hall–Kier alpha value is -0.820. The van der Waals surface area contributed by atoms with E-state index in [9.17, 15) is 13.2 Å². The molecule has 0 radical (unpaired) electrons. The molecular weight excluding hydrogens is 268 g/mol. The van der Waals surface area contributed by atoms with E-state index >= 15 is 0 Å². The molecule has 1 fully saturated rings. The Morgan fingerprint density at radius 3 is 2.32 bits per heavy atom. The standard InChI is InChI=1S/C12H24N2O4S/c1-18-12(15)13-9-10-14(19(2,16)17)11-7-5-3-4-6-8-11/h11H,3-10H2,1-2H3,(H,13,15). The molecule has 0 aromatic heterocycles. The number of carbonyl (C=O) groups is 1. The number of nitrogens with one attached hydrogen (secondary N) is 1. The molecule has 0 unspecified atom stereocenters. The van der Waals surface area contributed by atoms with E-state index in [-0.39, 0.29) is 12.6 Å². The van der Waals surface area contributed by atoms with Crippen LogP contribution < -0.4 is 5.32 Å². The SMILES string of the molecule is COC(=O)NCCN(C1CCCCCC1)S(C)(=O)=O. The summed E-state index contributed by atoms with van der Waals surface area (Å²) in [5.74, 6) is 0. The van der Waals surface area contributed by atoms with Crippen LogP contribution in [0.3, 0.4) is 0 Å². The molecule has 6 nitrogen and oxygen atoms in total. The molecule has 1 amide bonds. The number of methoxy groups -OCH3 is 1. The van der Waals surface area contributed by atoms with Crippen molar-refractivity contribution < 1.29 is 17.9 Å². The fraction of sp³-hybridized carbons (Fsp3) is 0.917. The summed E-state index contributed by atoms with van der Waals surface area (Å²) in [6.45, 7) is 0.578. The predicted molar refractivity (Wildman–Crippen MR) is 73.4 cm³/mol. The van der Waals surface area contributed by atoms with E-state index in [4.69, 9.17) is 0 Å². The smallest absolute Gasteiger partial charge is 0.406 e. The highest BCUT2D eigenvalue weighted by molar-refractivity contribution is 7.88. The van der Waals surface area contributed by atoms with Crippen LogP contribution in [0, 0.1) is 0 Å². The minimum absolute atomic E-state index is 0.0666. The first kappa shape index (κ1) is 16.2. The highest BCUT2D eigenvalue weighted by atomic mass is 32.2. The van der Waals surface area contributed by atoms with Crippen LogP contribution in [0.2, 0.25) is 0 Å². The lowest BCUT2D eigenvalue weighted by Gasteiger charge is -2.28. The van der Waals surface area contributed by atoms with Crippen molar-refractivity contribution in [2.45, 2.75) is 44.6 Å². The van der Waals surface area contributed by atoms with Gasteiger partial charge in [0.05, 0.1) is 13.4 Å². The van der Waals surface area contributed by atoms with Gasteiger partial charge in [0.1, 0.15) is 0 Å². The molecule has 7 heteroatoms. The summed E-state index contributed by atoms with van der Waals surface area (Å²) in [7, 11) is -1.96. The van der Waals surface area contributed by atoms with Crippen LogP contribution in [0.4, 0.5) is 4.79 Å². The Bertz CT molecular complexity index is 375. The average Bonchev–Trinajstić information content (AvgIpc) is 2.61. The number of rotatable bonds is 5. The van der Waals surface area contributed by atoms with E-state index < -0.39 is 16.1 Å². The van der Waals surface area contributed by atoms with Gasteiger partial charge in [0.2, 0.25) is 10.0 Å². The highest BCUT2D eigenvalue weighted by Crippen LogP contribution is 2.23. The Morgan fingerprint density at radius 2 is 1.84 bits per heavy atom. The lowest BCUT2D eigenvalue weighted by molar-refractivity contribution is 0.169. The van der Waals surface area contributed by atoms with E-state index in [1.807, 2.05) is 0 Å². The van der Waals surface area contributed by atoms with Crippen molar-refractivity contribution in [2.75, 3.05) is 26.5 Å². The molecule has 1 N–H and O–H groups in total. The van der Waals surface area contributed by atoms with Gasteiger partial charge in [0.15, 0.2) is 0 Å². The third-order valence-corrected chi connectivity index (χ3v) is 4.78. The molecule has 1 rings (SSSR count). The number of alkyl carbamates (subject to hydrolysis) is 1. The first-order valence-corrected chi connectivity index (χ1v) is 8.58. The lowest BCUT2D eigenvalue weighted by Crippen LogP contribution is -2.44. The van der Waals surface area contributed by atoms with Gasteiger partial charge in [-0.15, -0.1) is 0 Å². The van der Waals surface area contributed by atoms with Crippen molar-refractivity contribution in [3.63, 3.8) is 0 Å². The van der Waals surface area contributed by atoms with Gasteiger partial charge in [-0.2, -0.15) is 4.31 Å². The maximum absolute atomic E-state index is 11.9. The fourth-order valence-electron chi connectivity index (χ4n) is 2.51. The molecule has 1 saturated carbocycles. The van der Waals surface area contributed by atoms with Crippen molar-refractivity contribution >= 4 is 16.1 Å². The molecule has 19 heavy (non-hydrogen) atoms. The molecule has 0 heterocycles. The van der Waals surface area contributed by atoms with Crippen LogP contribution in [0.15, 0.2) is 0 Å². The summed E-state index contributed by atoms with van der Waals surface area (Å²) in [5.41, 5.74) is 0.